The van der Waals surface area contributed by atoms with Crippen molar-refractivity contribution < 1.29 is 19.0 Å². The minimum Gasteiger partial charge on any atom is -0.480 e. The van der Waals surface area contributed by atoms with Crippen molar-refractivity contribution in [3.05, 3.63) is 34.6 Å². The molecule has 2 unspecified atom stereocenters. The second-order valence-electron chi connectivity index (χ2n) is 6.72. The van der Waals surface area contributed by atoms with Crippen LogP contribution < -0.4 is 0 Å². The highest BCUT2D eigenvalue weighted by Gasteiger charge is 2.43. The topological polar surface area (TPSA) is 53.0 Å². The molecule has 2 atom stereocenters. The van der Waals surface area contributed by atoms with Gasteiger partial charge in [0.15, 0.2) is 0 Å². The molecule has 5 nitrogen and oxygen atoms in total. The van der Waals surface area contributed by atoms with Gasteiger partial charge in [-0.1, -0.05) is 17.7 Å². The molecule has 2 aliphatic rings. The zero-order chi connectivity index (χ0) is 17.3. The Kier molecular flexibility index (Phi) is 5.11. The summed E-state index contributed by atoms with van der Waals surface area (Å²) in [5.74, 6) is -1.43. The lowest BCUT2D eigenvalue weighted by atomic mass is 9.98. The lowest BCUT2D eigenvalue weighted by Crippen LogP contribution is -2.53. The maximum Gasteiger partial charge on any atom is 0.325 e. The van der Waals surface area contributed by atoms with E-state index in [4.69, 9.17) is 16.3 Å². The molecule has 24 heavy (non-hydrogen) atoms. The second-order valence-corrected chi connectivity index (χ2v) is 7.13. The number of benzene rings is 1. The molecule has 0 saturated carbocycles. The van der Waals surface area contributed by atoms with E-state index in [9.17, 15) is 14.3 Å². The number of halogens is 2. The van der Waals surface area contributed by atoms with E-state index >= 15 is 0 Å². The quantitative estimate of drug-likeness (QED) is 0.897. The molecular weight excluding hydrogens is 335 g/mol. The summed E-state index contributed by atoms with van der Waals surface area (Å²) in [5, 5.41) is 9.89. The number of aliphatic carboxylic acids is 1. The van der Waals surface area contributed by atoms with Crippen molar-refractivity contribution in [2.24, 2.45) is 0 Å². The van der Waals surface area contributed by atoms with Crippen LogP contribution in [-0.4, -0.2) is 65.8 Å². The average Bonchev–Trinajstić information content (AvgIpc) is 2.94. The van der Waals surface area contributed by atoms with E-state index in [-0.39, 0.29) is 10.6 Å². The van der Waals surface area contributed by atoms with Crippen LogP contribution in [-0.2, 0) is 9.53 Å². The zero-order valence-corrected chi connectivity index (χ0v) is 14.4. The van der Waals surface area contributed by atoms with Crippen molar-refractivity contribution in [1.29, 1.82) is 0 Å². The Bertz CT molecular complexity index is 624. The molecule has 2 fully saturated rings. The number of hydrogen-bond donors (Lipinski definition) is 1. The third-order valence-electron chi connectivity index (χ3n) is 5.11. The lowest BCUT2D eigenvalue weighted by molar-refractivity contribution is -0.143. The number of morpholine rings is 1. The van der Waals surface area contributed by atoms with Gasteiger partial charge >= 0.3 is 5.97 Å². The summed E-state index contributed by atoms with van der Waals surface area (Å²) in [6.45, 7) is 6.61. The van der Waals surface area contributed by atoms with Gasteiger partial charge in [0, 0.05) is 36.7 Å². The molecule has 132 valence electrons. The van der Waals surface area contributed by atoms with Gasteiger partial charge in [-0.25, -0.2) is 4.39 Å². The minimum absolute atomic E-state index is 0.0794. The van der Waals surface area contributed by atoms with Crippen LogP contribution in [0.15, 0.2) is 18.2 Å². The Labute approximate surface area is 145 Å². The van der Waals surface area contributed by atoms with E-state index in [1.165, 1.54) is 18.2 Å². The highest BCUT2D eigenvalue weighted by Crippen LogP contribution is 2.36. The maximum absolute atomic E-state index is 13.3. The summed E-state index contributed by atoms with van der Waals surface area (Å²) in [5.41, 5.74) is 0.362. The molecule has 1 aromatic rings. The highest BCUT2D eigenvalue weighted by atomic mass is 35.5. The summed E-state index contributed by atoms with van der Waals surface area (Å²) in [6.07, 6.45) is 0.885. The number of carboxylic acid groups (broad SMARTS) is 1. The normalized spacial score (nSPS) is 27.3. The van der Waals surface area contributed by atoms with E-state index in [0.717, 1.165) is 19.5 Å². The fraction of sp³-hybridized carbons (Fsp3) is 0.588. The third-order valence-corrected chi connectivity index (χ3v) is 5.44. The first-order valence-electron chi connectivity index (χ1n) is 8.15. The molecule has 1 N–H and O–H groups in total. The first-order chi connectivity index (χ1) is 11.4. The SMILES string of the molecule is CC1(N2CCOCC2)CCN(C(C(=O)O)c2ccc(F)cc2Cl)C1. The number of rotatable bonds is 4. The van der Waals surface area contributed by atoms with Gasteiger partial charge in [0.25, 0.3) is 0 Å². The predicted octanol–water partition coefficient (Wildman–Crippen LogP) is 2.40. The van der Waals surface area contributed by atoms with E-state index < -0.39 is 17.8 Å². The average molecular weight is 357 g/mol. The monoisotopic (exact) mass is 356 g/mol. The molecule has 1 aromatic carbocycles. The zero-order valence-electron chi connectivity index (χ0n) is 13.7. The Morgan fingerprint density at radius 2 is 2.08 bits per heavy atom. The van der Waals surface area contributed by atoms with E-state index in [2.05, 4.69) is 11.8 Å². The molecule has 7 heteroatoms. The van der Waals surface area contributed by atoms with Crippen molar-refractivity contribution in [3.63, 3.8) is 0 Å². The third kappa shape index (κ3) is 3.42. The van der Waals surface area contributed by atoms with Crippen molar-refractivity contribution in [1.82, 2.24) is 9.80 Å². The van der Waals surface area contributed by atoms with Gasteiger partial charge in [0.1, 0.15) is 11.9 Å². The number of hydrogen-bond acceptors (Lipinski definition) is 4. The van der Waals surface area contributed by atoms with Crippen molar-refractivity contribution in [3.8, 4) is 0 Å². The van der Waals surface area contributed by atoms with Gasteiger partial charge in [-0.2, -0.15) is 0 Å². The molecule has 0 radical (unpaired) electrons. The number of carboxylic acids is 1. The Hall–Kier alpha value is -1.21. The van der Waals surface area contributed by atoms with Crippen LogP contribution in [0, 0.1) is 5.82 Å². The van der Waals surface area contributed by atoms with E-state index in [0.29, 0.717) is 31.9 Å². The summed E-state index contributed by atoms with van der Waals surface area (Å²) in [6, 6.07) is 3.04. The highest BCUT2D eigenvalue weighted by molar-refractivity contribution is 6.31. The second kappa shape index (κ2) is 6.96. The van der Waals surface area contributed by atoms with Crippen LogP contribution in [0.3, 0.4) is 0 Å². The predicted molar refractivity (Wildman–Crippen MR) is 88.8 cm³/mol. The molecular formula is C17H22ClFN2O3. The van der Waals surface area contributed by atoms with E-state index in [1.807, 2.05) is 4.90 Å². The summed E-state index contributed by atoms with van der Waals surface area (Å²) in [7, 11) is 0. The van der Waals surface area contributed by atoms with Crippen molar-refractivity contribution in [2.45, 2.75) is 24.9 Å². The summed E-state index contributed by atoms with van der Waals surface area (Å²) in [4.78, 5) is 16.2. The van der Waals surface area contributed by atoms with Crippen molar-refractivity contribution >= 4 is 17.6 Å². The van der Waals surface area contributed by atoms with Gasteiger partial charge in [-0.15, -0.1) is 0 Å². The molecule has 2 aliphatic heterocycles. The first-order valence-corrected chi connectivity index (χ1v) is 8.53. The van der Waals surface area contributed by atoms with Crippen LogP contribution in [0.5, 0.6) is 0 Å². The fourth-order valence-corrected chi connectivity index (χ4v) is 4.04. The van der Waals surface area contributed by atoms with Crippen LogP contribution in [0.2, 0.25) is 5.02 Å². The van der Waals surface area contributed by atoms with Crippen molar-refractivity contribution in [2.75, 3.05) is 39.4 Å². The Balaban J connectivity index is 1.81. The van der Waals surface area contributed by atoms with Crippen LogP contribution in [0.1, 0.15) is 24.9 Å². The maximum atomic E-state index is 13.3. The summed E-state index contributed by atoms with van der Waals surface area (Å²) >= 11 is 6.11. The smallest absolute Gasteiger partial charge is 0.325 e. The first kappa shape index (κ1) is 17.6. The minimum atomic E-state index is -0.963. The molecule has 0 bridgehead atoms. The van der Waals surface area contributed by atoms with E-state index in [1.54, 1.807) is 0 Å². The van der Waals surface area contributed by atoms with Gasteiger partial charge in [-0.3, -0.25) is 14.6 Å². The van der Waals surface area contributed by atoms with Gasteiger partial charge in [-0.05, 0) is 31.0 Å². The number of nitrogens with zero attached hydrogens (tertiary/aromatic N) is 2. The molecule has 2 saturated heterocycles. The fourth-order valence-electron chi connectivity index (χ4n) is 3.77. The number of carbonyl (C=O) groups is 1. The molecule has 0 spiro atoms. The molecule has 0 aromatic heterocycles. The Morgan fingerprint density at radius 1 is 1.38 bits per heavy atom. The molecule has 3 rings (SSSR count). The molecule has 0 amide bonds. The lowest BCUT2D eigenvalue weighted by Gasteiger charge is -2.41. The van der Waals surface area contributed by atoms with Crippen LogP contribution in [0.4, 0.5) is 4.39 Å². The largest absolute Gasteiger partial charge is 0.480 e. The Morgan fingerprint density at radius 3 is 2.71 bits per heavy atom. The summed E-state index contributed by atoms with van der Waals surface area (Å²) < 4.78 is 18.7. The van der Waals surface area contributed by atoms with Crippen LogP contribution >= 0.6 is 11.6 Å². The standard InChI is InChI=1S/C17H22ClFN2O3/c1-17(21-6-8-24-9-7-21)4-5-20(11-17)15(16(22)23)13-3-2-12(19)10-14(13)18/h2-3,10,15H,4-9,11H2,1H3,(H,22,23). The molecule has 2 heterocycles. The van der Waals surface area contributed by atoms with Gasteiger partial charge in [0.05, 0.1) is 13.2 Å². The number of likely N-dealkylation sites (tertiary alicyclic amines) is 1. The van der Waals surface area contributed by atoms with Gasteiger partial charge in [0.2, 0.25) is 0 Å². The van der Waals surface area contributed by atoms with Crippen LogP contribution in [0.25, 0.3) is 0 Å². The van der Waals surface area contributed by atoms with Gasteiger partial charge < -0.3 is 9.84 Å². The molecule has 0 aliphatic carbocycles. The number of ether oxygens (including phenoxy) is 1.